The van der Waals surface area contributed by atoms with Crippen molar-refractivity contribution >= 4 is 17.3 Å². The molecule has 0 aliphatic rings. The van der Waals surface area contributed by atoms with Gasteiger partial charge in [0.15, 0.2) is 5.11 Å². The van der Waals surface area contributed by atoms with Crippen molar-refractivity contribution in [3.05, 3.63) is 0 Å². The lowest BCUT2D eigenvalue weighted by atomic mass is 10.1. The number of rotatable bonds is 18. The van der Waals surface area contributed by atoms with Gasteiger partial charge in [0.25, 0.3) is 0 Å². The van der Waals surface area contributed by atoms with Gasteiger partial charge in [-0.05, 0) is 25.1 Å². The van der Waals surface area contributed by atoms with Crippen LogP contribution in [0.1, 0.15) is 117 Å². The van der Waals surface area contributed by atoms with E-state index < -0.39 is 0 Å². The first kappa shape index (κ1) is 23.7. The molecular formula is C21H44N2S. The van der Waals surface area contributed by atoms with Crippen LogP contribution in [0.2, 0.25) is 0 Å². The number of nitrogens with two attached hydrogens (primary N) is 1. The largest absolute Gasteiger partial charge is 0.376 e. The molecule has 0 unspecified atom stereocenters. The number of unbranched alkanes of at least 4 members (excludes halogenated alkanes) is 14. The summed E-state index contributed by atoms with van der Waals surface area (Å²) in [6.07, 6.45) is 21.7. The summed E-state index contributed by atoms with van der Waals surface area (Å²) in [4.78, 5) is 2.23. The van der Waals surface area contributed by atoms with Gasteiger partial charge in [0.2, 0.25) is 0 Å². The van der Waals surface area contributed by atoms with Crippen LogP contribution in [-0.2, 0) is 0 Å². The van der Waals surface area contributed by atoms with Gasteiger partial charge >= 0.3 is 0 Å². The van der Waals surface area contributed by atoms with E-state index in [9.17, 15) is 0 Å². The molecule has 144 valence electrons. The van der Waals surface area contributed by atoms with Crippen LogP contribution >= 0.6 is 12.2 Å². The number of hydrogen-bond donors (Lipinski definition) is 1. The molecule has 0 aliphatic heterocycles. The Kier molecular flexibility index (Phi) is 18.8. The molecule has 0 saturated heterocycles. The van der Waals surface area contributed by atoms with E-state index in [0.29, 0.717) is 5.11 Å². The molecule has 0 aromatic carbocycles. The summed E-state index contributed by atoms with van der Waals surface area (Å²) in [6, 6.07) is 0. The zero-order valence-electron chi connectivity index (χ0n) is 16.7. The molecule has 0 rings (SSSR count). The van der Waals surface area contributed by atoms with Gasteiger partial charge in [0.05, 0.1) is 0 Å². The standard InChI is InChI=1S/C21H44N2S/c1-3-5-7-9-11-13-15-17-19-23(21(22)24)20-18-16-14-12-10-8-6-4-2/h3-20H2,1-2H3,(H2,22,24). The molecule has 0 aromatic heterocycles. The van der Waals surface area contributed by atoms with E-state index in [1.165, 1.54) is 103 Å². The summed E-state index contributed by atoms with van der Waals surface area (Å²) in [5, 5.41) is 0.598. The molecule has 0 spiro atoms. The second kappa shape index (κ2) is 19.0. The molecule has 0 heterocycles. The third-order valence-electron chi connectivity index (χ3n) is 4.87. The van der Waals surface area contributed by atoms with Gasteiger partial charge in [-0.15, -0.1) is 0 Å². The van der Waals surface area contributed by atoms with Gasteiger partial charge in [-0.25, -0.2) is 0 Å². The molecule has 3 heteroatoms. The smallest absolute Gasteiger partial charge is 0.166 e. The molecule has 2 N–H and O–H groups in total. The van der Waals surface area contributed by atoms with Crippen LogP contribution in [0.5, 0.6) is 0 Å². The van der Waals surface area contributed by atoms with Crippen molar-refractivity contribution in [2.24, 2.45) is 5.73 Å². The summed E-state index contributed by atoms with van der Waals surface area (Å²) in [5.74, 6) is 0. The van der Waals surface area contributed by atoms with E-state index in [2.05, 4.69) is 18.7 Å². The molecule has 0 bridgehead atoms. The summed E-state index contributed by atoms with van der Waals surface area (Å²) >= 11 is 5.22. The fourth-order valence-corrected chi connectivity index (χ4v) is 3.39. The van der Waals surface area contributed by atoms with Gasteiger partial charge < -0.3 is 10.6 Å². The van der Waals surface area contributed by atoms with Crippen molar-refractivity contribution in [3.63, 3.8) is 0 Å². The van der Waals surface area contributed by atoms with Gasteiger partial charge in [0.1, 0.15) is 0 Å². The molecule has 0 aliphatic carbocycles. The fourth-order valence-electron chi connectivity index (χ4n) is 3.21. The van der Waals surface area contributed by atoms with Crippen LogP contribution in [0.3, 0.4) is 0 Å². The van der Waals surface area contributed by atoms with Gasteiger partial charge in [0, 0.05) is 13.1 Å². The van der Waals surface area contributed by atoms with E-state index in [1.54, 1.807) is 0 Å². The molecule has 0 saturated carbocycles. The Morgan fingerprint density at radius 1 is 0.583 bits per heavy atom. The maximum atomic E-state index is 5.89. The van der Waals surface area contributed by atoms with Crippen molar-refractivity contribution < 1.29 is 0 Å². The minimum atomic E-state index is 0.598. The third-order valence-corrected chi connectivity index (χ3v) is 5.13. The van der Waals surface area contributed by atoms with Crippen LogP contribution < -0.4 is 5.73 Å². The topological polar surface area (TPSA) is 29.3 Å². The first-order valence-electron chi connectivity index (χ1n) is 10.8. The normalized spacial score (nSPS) is 10.9. The highest BCUT2D eigenvalue weighted by atomic mass is 32.1. The number of nitrogens with zero attached hydrogens (tertiary/aromatic N) is 1. The molecule has 24 heavy (non-hydrogen) atoms. The van der Waals surface area contributed by atoms with Gasteiger partial charge in [-0.1, -0.05) is 104 Å². The van der Waals surface area contributed by atoms with Gasteiger partial charge in [-0.2, -0.15) is 0 Å². The van der Waals surface area contributed by atoms with Crippen LogP contribution in [-0.4, -0.2) is 23.1 Å². The Morgan fingerprint density at radius 3 is 1.17 bits per heavy atom. The van der Waals surface area contributed by atoms with E-state index >= 15 is 0 Å². The van der Waals surface area contributed by atoms with Crippen molar-refractivity contribution in [3.8, 4) is 0 Å². The van der Waals surface area contributed by atoms with E-state index in [-0.39, 0.29) is 0 Å². The molecule has 0 aromatic rings. The lowest BCUT2D eigenvalue weighted by molar-refractivity contribution is 0.386. The Labute approximate surface area is 157 Å². The minimum Gasteiger partial charge on any atom is -0.376 e. The predicted octanol–water partition coefficient (Wildman–Crippen LogP) is 6.81. The van der Waals surface area contributed by atoms with E-state index in [4.69, 9.17) is 18.0 Å². The lowest BCUT2D eigenvalue weighted by Gasteiger charge is -2.22. The number of thiocarbonyl (C=S) groups is 1. The van der Waals surface area contributed by atoms with Crippen molar-refractivity contribution in [2.45, 2.75) is 117 Å². The van der Waals surface area contributed by atoms with Gasteiger partial charge in [-0.3, -0.25) is 0 Å². The quantitative estimate of drug-likeness (QED) is 0.216. The van der Waals surface area contributed by atoms with Crippen molar-refractivity contribution in [1.29, 1.82) is 0 Å². The second-order valence-corrected chi connectivity index (χ2v) is 7.69. The van der Waals surface area contributed by atoms with E-state index in [1.807, 2.05) is 0 Å². The van der Waals surface area contributed by atoms with Crippen molar-refractivity contribution in [1.82, 2.24) is 4.90 Å². The average molecular weight is 357 g/mol. The highest BCUT2D eigenvalue weighted by Gasteiger charge is 2.05. The Balaban J connectivity index is 3.49. The Morgan fingerprint density at radius 2 is 0.875 bits per heavy atom. The highest BCUT2D eigenvalue weighted by Crippen LogP contribution is 2.11. The third kappa shape index (κ3) is 16.5. The molecule has 0 atom stereocenters. The predicted molar refractivity (Wildman–Crippen MR) is 114 cm³/mol. The van der Waals surface area contributed by atoms with Crippen LogP contribution in [0.15, 0.2) is 0 Å². The second-order valence-electron chi connectivity index (χ2n) is 7.28. The highest BCUT2D eigenvalue weighted by molar-refractivity contribution is 7.80. The maximum absolute atomic E-state index is 5.89. The average Bonchev–Trinajstić information content (AvgIpc) is 2.57. The van der Waals surface area contributed by atoms with Crippen LogP contribution in [0.25, 0.3) is 0 Å². The summed E-state index contributed by atoms with van der Waals surface area (Å²) in [7, 11) is 0. The lowest BCUT2D eigenvalue weighted by Crippen LogP contribution is -2.37. The Hall–Kier alpha value is -0.310. The van der Waals surface area contributed by atoms with Crippen LogP contribution in [0, 0.1) is 0 Å². The van der Waals surface area contributed by atoms with Crippen LogP contribution in [0.4, 0.5) is 0 Å². The molecule has 0 amide bonds. The first-order valence-corrected chi connectivity index (χ1v) is 11.2. The number of hydrogen-bond acceptors (Lipinski definition) is 1. The zero-order valence-corrected chi connectivity index (χ0v) is 17.5. The monoisotopic (exact) mass is 356 g/mol. The molecule has 2 nitrogen and oxygen atoms in total. The Bertz CT molecular complexity index is 249. The minimum absolute atomic E-state index is 0.598. The zero-order chi connectivity index (χ0) is 17.9. The summed E-state index contributed by atoms with van der Waals surface area (Å²) in [5.41, 5.74) is 5.89. The summed E-state index contributed by atoms with van der Waals surface area (Å²) < 4.78 is 0. The van der Waals surface area contributed by atoms with Crippen molar-refractivity contribution in [2.75, 3.05) is 13.1 Å². The maximum Gasteiger partial charge on any atom is 0.166 e. The first-order chi connectivity index (χ1) is 11.7. The molecular weight excluding hydrogens is 312 g/mol. The fraction of sp³-hybridized carbons (Fsp3) is 0.952. The SMILES string of the molecule is CCCCCCCCCCN(CCCCCCCCCC)C(N)=S. The molecule has 0 radical (unpaired) electrons. The van der Waals surface area contributed by atoms with E-state index in [0.717, 1.165) is 13.1 Å². The summed E-state index contributed by atoms with van der Waals surface area (Å²) in [6.45, 7) is 6.66. The molecule has 0 fully saturated rings.